The first kappa shape index (κ1) is 28.8. The van der Waals surface area contributed by atoms with E-state index in [1.807, 2.05) is 13.8 Å². The summed E-state index contributed by atoms with van der Waals surface area (Å²) in [5.74, 6) is -1.81. The van der Waals surface area contributed by atoms with Gasteiger partial charge >= 0.3 is 0 Å². The maximum Gasteiger partial charge on any atom is 0.246 e. The molecule has 0 aromatic heterocycles. The van der Waals surface area contributed by atoms with Gasteiger partial charge < -0.3 is 19.8 Å². The maximum atomic E-state index is 13.4. The van der Waals surface area contributed by atoms with Crippen LogP contribution in [-0.4, -0.2) is 50.4 Å². The number of carbonyl (C=O) groups is 3. The minimum absolute atomic E-state index is 0.0705. The third-order valence-electron chi connectivity index (χ3n) is 6.38. The predicted octanol–water partition coefficient (Wildman–Crippen LogP) is 4.31. The number of rotatable bonds is 14. The summed E-state index contributed by atoms with van der Waals surface area (Å²) in [6, 6.07) is -1.44. The molecule has 1 fully saturated rings. The summed E-state index contributed by atoms with van der Waals surface area (Å²) in [6.07, 6.45) is 4.91. The predicted molar refractivity (Wildman–Crippen MR) is 130 cm³/mol. The molecule has 7 nitrogen and oxygen atoms in total. The van der Waals surface area contributed by atoms with Crippen LogP contribution in [0.25, 0.3) is 0 Å². The summed E-state index contributed by atoms with van der Waals surface area (Å²) in [6.45, 7) is 18.5. The lowest BCUT2D eigenvalue weighted by Crippen LogP contribution is -2.56. The average molecular weight is 471 g/mol. The van der Waals surface area contributed by atoms with Gasteiger partial charge in [-0.05, 0) is 43.8 Å². The molecule has 0 unspecified atom stereocenters. The van der Waals surface area contributed by atoms with Crippen LogP contribution >= 0.6 is 0 Å². The zero-order valence-corrected chi connectivity index (χ0v) is 22.7. The monoisotopic (exact) mass is 470 g/mol. The van der Waals surface area contributed by atoms with Crippen molar-refractivity contribution in [2.75, 3.05) is 6.61 Å². The molecule has 3 atom stereocenters. The molecule has 32 heavy (non-hydrogen) atoms. The maximum absolute atomic E-state index is 13.4. The van der Waals surface area contributed by atoms with E-state index in [4.69, 9.17) is 9.16 Å². The summed E-state index contributed by atoms with van der Waals surface area (Å²) < 4.78 is 11.9. The van der Waals surface area contributed by atoms with Crippen molar-refractivity contribution in [2.24, 2.45) is 5.92 Å². The minimum atomic E-state index is -2.24. The van der Waals surface area contributed by atoms with Gasteiger partial charge in [0.15, 0.2) is 8.32 Å². The SMILES string of the molecule is CCCCCCC(=O)N[C@@H](C)C(=O)N[C@@H](CC(C)C)C(=O)[C@@]1(O[Si](C)(C)C(C)(C)C)CO1. The Labute approximate surface area is 195 Å². The molecule has 0 aliphatic carbocycles. The number of ketones is 1. The van der Waals surface area contributed by atoms with Crippen LogP contribution in [0.3, 0.4) is 0 Å². The second-order valence-electron chi connectivity index (χ2n) is 11.1. The van der Waals surface area contributed by atoms with Gasteiger partial charge in [-0.1, -0.05) is 60.8 Å². The molecule has 1 aliphatic rings. The first-order valence-electron chi connectivity index (χ1n) is 12.1. The van der Waals surface area contributed by atoms with E-state index in [0.29, 0.717) is 12.8 Å². The Morgan fingerprint density at radius 3 is 2.12 bits per heavy atom. The Balaban J connectivity index is 2.79. The van der Waals surface area contributed by atoms with Gasteiger partial charge in [0.05, 0.1) is 6.04 Å². The zero-order valence-electron chi connectivity index (χ0n) is 21.7. The molecule has 1 heterocycles. The lowest BCUT2D eigenvalue weighted by atomic mass is 9.97. The smallest absolute Gasteiger partial charge is 0.246 e. The fourth-order valence-corrected chi connectivity index (χ4v) is 4.59. The van der Waals surface area contributed by atoms with E-state index >= 15 is 0 Å². The van der Waals surface area contributed by atoms with Crippen molar-refractivity contribution in [3.8, 4) is 0 Å². The summed E-state index contributed by atoms with van der Waals surface area (Å²) in [4.78, 5) is 38.4. The molecule has 1 rings (SSSR count). The molecule has 2 amide bonds. The molecule has 0 aromatic rings. The molecule has 1 saturated heterocycles. The standard InChI is InChI=1S/C24H46N2O5Si/c1-10-11-12-13-14-20(27)25-18(4)22(29)26-19(15-17(2)3)21(28)24(16-30-24)31-32(8,9)23(5,6)7/h17-19H,10-16H2,1-9H3,(H,25,27)(H,26,29)/t18-,19-,24-/m0/s1. The Hall–Kier alpha value is -1.25. The van der Waals surface area contributed by atoms with E-state index in [-0.39, 0.29) is 35.2 Å². The molecule has 2 N–H and O–H groups in total. The number of nitrogens with one attached hydrogen (secondary N) is 2. The van der Waals surface area contributed by atoms with Crippen LogP contribution < -0.4 is 10.6 Å². The number of unbranched alkanes of at least 4 members (excludes halogenated alkanes) is 3. The highest BCUT2D eigenvalue weighted by Crippen LogP contribution is 2.44. The van der Waals surface area contributed by atoms with Crippen molar-refractivity contribution in [3.63, 3.8) is 0 Å². The Morgan fingerprint density at radius 2 is 1.66 bits per heavy atom. The van der Waals surface area contributed by atoms with Crippen LogP contribution in [0.15, 0.2) is 0 Å². The first-order valence-corrected chi connectivity index (χ1v) is 15.0. The van der Waals surface area contributed by atoms with E-state index in [1.165, 1.54) is 0 Å². The number of carbonyl (C=O) groups excluding carboxylic acids is 3. The fraction of sp³-hybridized carbons (Fsp3) is 0.875. The van der Waals surface area contributed by atoms with Crippen LogP contribution in [0.1, 0.15) is 87.0 Å². The lowest BCUT2D eigenvalue weighted by molar-refractivity contribution is -0.140. The number of hydrogen-bond acceptors (Lipinski definition) is 5. The third kappa shape index (κ3) is 8.59. The highest BCUT2D eigenvalue weighted by Gasteiger charge is 2.60. The Morgan fingerprint density at radius 1 is 1.06 bits per heavy atom. The number of ether oxygens (including phenoxy) is 1. The van der Waals surface area contributed by atoms with Gasteiger partial charge in [-0.25, -0.2) is 0 Å². The molecular formula is C24H46N2O5Si. The number of epoxide rings is 1. The largest absolute Gasteiger partial charge is 0.382 e. The van der Waals surface area contributed by atoms with Gasteiger partial charge in [-0.15, -0.1) is 0 Å². The van der Waals surface area contributed by atoms with Crippen LogP contribution in [0.4, 0.5) is 0 Å². The van der Waals surface area contributed by atoms with Crippen LogP contribution in [-0.2, 0) is 23.5 Å². The van der Waals surface area contributed by atoms with E-state index in [0.717, 1.165) is 25.7 Å². The van der Waals surface area contributed by atoms with E-state index < -0.39 is 26.2 Å². The second kappa shape index (κ2) is 11.7. The molecule has 0 spiro atoms. The summed E-state index contributed by atoms with van der Waals surface area (Å²) >= 11 is 0. The quantitative estimate of drug-likeness (QED) is 0.224. The summed E-state index contributed by atoms with van der Waals surface area (Å²) in [5.41, 5.74) is 0. The molecule has 0 saturated carbocycles. The number of Topliss-reactive ketones (excluding diaryl/α,β-unsaturated/α-hetero) is 1. The van der Waals surface area contributed by atoms with E-state index in [9.17, 15) is 14.4 Å². The average Bonchev–Trinajstić information content (AvgIpc) is 3.42. The van der Waals surface area contributed by atoms with Crippen LogP contribution in [0.2, 0.25) is 18.1 Å². The molecular weight excluding hydrogens is 424 g/mol. The molecule has 8 heteroatoms. The van der Waals surface area contributed by atoms with Gasteiger partial charge in [-0.2, -0.15) is 0 Å². The van der Waals surface area contributed by atoms with E-state index in [1.54, 1.807) is 6.92 Å². The lowest BCUT2D eigenvalue weighted by Gasteiger charge is -2.38. The van der Waals surface area contributed by atoms with Gasteiger partial charge in [0.1, 0.15) is 12.6 Å². The van der Waals surface area contributed by atoms with E-state index in [2.05, 4.69) is 51.4 Å². The van der Waals surface area contributed by atoms with Crippen molar-refractivity contribution < 1.29 is 23.5 Å². The van der Waals surface area contributed by atoms with Gasteiger partial charge in [0.2, 0.25) is 23.4 Å². The van der Waals surface area contributed by atoms with Crippen molar-refractivity contribution in [3.05, 3.63) is 0 Å². The normalized spacial score (nSPS) is 20.6. The highest BCUT2D eigenvalue weighted by atomic mass is 28.4. The van der Waals surface area contributed by atoms with Crippen LogP contribution in [0.5, 0.6) is 0 Å². The first-order chi connectivity index (χ1) is 14.6. The second-order valence-corrected chi connectivity index (χ2v) is 15.8. The minimum Gasteiger partial charge on any atom is -0.382 e. The molecule has 0 radical (unpaired) electrons. The number of hydrogen-bond donors (Lipinski definition) is 2. The van der Waals surface area contributed by atoms with Gasteiger partial charge in [0.25, 0.3) is 0 Å². The Bertz CT molecular complexity index is 653. The van der Waals surface area contributed by atoms with Crippen LogP contribution in [0, 0.1) is 5.92 Å². The molecule has 1 aliphatic heterocycles. The molecule has 186 valence electrons. The zero-order chi connectivity index (χ0) is 24.7. The molecule has 0 bridgehead atoms. The topological polar surface area (TPSA) is 97.0 Å². The van der Waals surface area contributed by atoms with Gasteiger partial charge in [0, 0.05) is 6.42 Å². The third-order valence-corrected chi connectivity index (χ3v) is 10.8. The summed E-state index contributed by atoms with van der Waals surface area (Å²) in [5, 5.41) is 5.53. The number of amides is 2. The van der Waals surface area contributed by atoms with Crippen molar-refractivity contribution in [2.45, 2.75) is 123 Å². The highest BCUT2D eigenvalue weighted by molar-refractivity contribution is 6.74. The molecule has 0 aromatic carbocycles. The van der Waals surface area contributed by atoms with Gasteiger partial charge in [-0.3, -0.25) is 14.4 Å². The Kier molecular flexibility index (Phi) is 10.6. The summed E-state index contributed by atoms with van der Waals surface area (Å²) in [7, 11) is -2.24. The fourth-order valence-electron chi connectivity index (χ4n) is 3.24. The van der Waals surface area contributed by atoms with Crippen molar-refractivity contribution in [1.82, 2.24) is 10.6 Å². The van der Waals surface area contributed by atoms with Crippen molar-refractivity contribution in [1.29, 1.82) is 0 Å². The van der Waals surface area contributed by atoms with Crippen molar-refractivity contribution >= 4 is 25.9 Å².